The Labute approximate surface area is 81.5 Å². The van der Waals surface area contributed by atoms with E-state index in [4.69, 9.17) is 5.73 Å². The molecule has 1 rings (SSSR count). The molecule has 0 aromatic carbocycles. The van der Waals surface area contributed by atoms with Crippen LogP contribution in [0.2, 0.25) is 0 Å². The minimum atomic E-state index is -0.567. The van der Waals surface area contributed by atoms with Crippen molar-refractivity contribution in [1.82, 2.24) is 0 Å². The lowest BCUT2D eigenvalue weighted by Crippen LogP contribution is -2.51. The number of rotatable bonds is 3. The van der Waals surface area contributed by atoms with Crippen molar-refractivity contribution in [2.45, 2.75) is 58.0 Å². The minimum Gasteiger partial charge on any atom is -0.390 e. The van der Waals surface area contributed by atoms with Gasteiger partial charge in [-0.25, -0.2) is 0 Å². The van der Waals surface area contributed by atoms with E-state index in [-0.39, 0.29) is 5.41 Å². The van der Waals surface area contributed by atoms with Crippen LogP contribution >= 0.6 is 0 Å². The highest BCUT2D eigenvalue weighted by Gasteiger charge is 2.44. The predicted molar refractivity (Wildman–Crippen MR) is 55.5 cm³/mol. The summed E-state index contributed by atoms with van der Waals surface area (Å²) in [4.78, 5) is 0. The SMILES string of the molecule is CCC(C)(O)C1(CN)CCCCC1. The van der Waals surface area contributed by atoms with Crippen molar-refractivity contribution in [1.29, 1.82) is 0 Å². The molecule has 0 heterocycles. The van der Waals surface area contributed by atoms with E-state index in [0.717, 1.165) is 19.3 Å². The molecule has 0 radical (unpaired) electrons. The van der Waals surface area contributed by atoms with Crippen LogP contribution in [0.3, 0.4) is 0 Å². The van der Waals surface area contributed by atoms with Crippen LogP contribution in [-0.4, -0.2) is 17.3 Å². The second kappa shape index (κ2) is 3.97. The van der Waals surface area contributed by atoms with Gasteiger partial charge in [0.05, 0.1) is 5.60 Å². The zero-order valence-corrected chi connectivity index (χ0v) is 8.97. The van der Waals surface area contributed by atoms with Gasteiger partial charge in [-0.05, 0) is 26.2 Å². The normalized spacial score (nSPS) is 26.8. The average molecular weight is 185 g/mol. The van der Waals surface area contributed by atoms with Crippen molar-refractivity contribution in [3.8, 4) is 0 Å². The molecule has 13 heavy (non-hydrogen) atoms. The quantitative estimate of drug-likeness (QED) is 0.707. The number of hydrogen-bond acceptors (Lipinski definition) is 2. The van der Waals surface area contributed by atoms with Gasteiger partial charge in [0.2, 0.25) is 0 Å². The first-order valence-corrected chi connectivity index (χ1v) is 5.50. The van der Waals surface area contributed by atoms with Crippen molar-refractivity contribution in [3.05, 3.63) is 0 Å². The first-order valence-electron chi connectivity index (χ1n) is 5.50. The number of hydrogen-bond donors (Lipinski definition) is 2. The monoisotopic (exact) mass is 185 g/mol. The van der Waals surface area contributed by atoms with Crippen LogP contribution in [0.1, 0.15) is 52.4 Å². The highest BCUT2D eigenvalue weighted by molar-refractivity contribution is 4.97. The molecule has 1 aliphatic carbocycles. The molecule has 3 N–H and O–H groups in total. The van der Waals surface area contributed by atoms with Crippen molar-refractivity contribution in [3.63, 3.8) is 0 Å². The molecule has 1 saturated carbocycles. The maximum absolute atomic E-state index is 10.3. The molecule has 0 aromatic rings. The van der Waals surface area contributed by atoms with Crippen LogP contribution in [0.15, 0.2) is 0 Å². The first-order chi connectivity index (χ1) is 6.08. The van der Waals surface area contributed by atoms with Crippen LogP contribution < -0.4 is 5.73 Å². The van der Waals surface area contributed by atoms with Gasteiger partial charge in [-0.1, -0.05) is 26.2 Å². The molecule has 1 fully saturated rings. The second-order valence-electron chi connectivity index (χ2n) is 4.67. The third kappa shape index (κ3) is 1.89. The Morgan fingerprint density at radius 1 is 1.31 bits per heavy atom. The molecule has 2 nitrogen and oxygen atoms in total. The van der Waals surface area contributed by atoms with E-state index in [1.807, 2.05) is 13.8 Å². The lowest BCUT2D eigenvalue weighted by Gasteiger charge is -2.47. The average Bonchev–Trinajstić information content (AvgIpc) is 2.18. The summed E-state index contributed by atoms with van der Waals surface area (Å²) in [6.45, 7) is 4.63. The summed E-state index contributed by atoms with van der Waals surface area (Å²) in [5.41, 5.74) is 5.27. The van der Waals surface area contributed by atoms with Crippen LogP contribution in [-0.2, 0) is 0 Å². The molecule has 1 aliphatic rings. The fourth-order valence-corrected chi connectivity index (χ4v) is 2.57. The summed E-state index contributed by atoms with van der Waals surface area (Å²) in [6.07, 6.45) is 6.78. The molecule has 0 bridgehead atoms. The molecule has 0 aromatic heterocycles. The number of aliphatic hydroxyl groups is 1. The molecule has 0 aliphatic heterocycles. The number of nitrogens with two attached hydrogens (primary N) is 1. The molecule has 0 spiro atoms. The van der Waals surface area contributed by atoms with Crippen LogP contribution in [0.5, 0.6) is 0 Å². The van der Waals surface area contributed by atoms with E-state index >= 15 is 0 Å². The fraction of sp³-hybridized carbons (Fsp3) is 1.00. The Morgan fingerprint density at radius 3 is 2.23 bits per heavy atom. The third-order valence-corrected chi connectivity index (χ3v) is 4.03. The molecule has 1 unspecified atom stereocenters. The Hall–Kier alpha value is -0.0800. The summed E-state index contributed by atoms with van der Waals surface area (Å²) < 4.78 is 0. The molecule has 1 atom stereocenters. The van der Waals surface area contributed by atoms with E-state index < -0.39 is 5.60 Å². The zero-order chi connectivity index (χ0) is 9.95. The Balaban J connectivity index is 2.78. The van der Waals surface area contributed by atoms with Gasteiger partial charge in [0.15, 0.2) is 0 Å². The first kappa shape index (κ1) is 11.0. The van der Waals surface area contributed by atoms with Crippen molar-refractivity contribution in [2.75, 3.05) is 6.54 Å². The van der Waals surface area contributed by atoms with Crippen LogP contribution in [0.4, 0.5) is 0 Å². The van der Waals surface area contributed by atoms with E-state index in [2.05, 4.69) is 0 Å². The standard InChI is InChI=1S/C11H23NO/c1-3-10(2,13)11(9-12)7-5-4-6-8-11/h13H,3-9,12H2,1-2H3. The maximum Gasteiger partial charge on any atom is 0.0685 e. The summed E-state index contributed by atoms with van der Waals surface area (Å²) in [7, 11) is 0. The summed E-state index contributed by atoms with van der Waals surface area (Å²) in [5, 5.41) is 10.3. The lowest BCUT2D eigenvalue weighted by molar-refractivity contribution is -0.0877. The van der Waals surface area contributed by atoms with E-state index in [0.29, 0.717) is 6.54 Å². The predicted octanol–water partition coefficient (Wildman–Crippen LogP) is 2.06. The van der Waals surface area contributed by atoms with Gasteiger partial charge in [-0.15, -0.1) is 0 Å². The highest BCUT2D eigenvalue weighted by atomic mass is 16.3. The Kier molecular flexibility index (Phi) is 3.36. The van der Waals surface area contributed by atoms with Gasteiger partial charge in [0.1, 0.15) is 0 Å². The van der Waals surface area contributed by atoms with Gasteiger partial charge in [0.25, 0.3) is 0 Å². The summed E-state index contributed by atoms with van der Waals surface area (Å²) in [6, 6.07) is 0. The van der Waals surface area contributed by atoms with E-state index in [9.17, 15) is 5.11 Å². The molecule has 78 valence electrons. The van der Waals surface area contributed by atoms with E-state index in [1.54, 1.807) is 0 Å². The second-order valence-corrected chi connectivity index (χ2v) is 4.67. The lowest BCUT2D eigenvalue weighted by atomic mass is 9.63. The zero-order valence-electron chi connectivity index (χ0n) is 8.97. The third-order valence-electron chi connectivity index (χ3n) is 4.03. The van der Waals surface area contributed by atoms with E-state index in [1.165, 1.54) is 19.3 Å². The molecular formula is C11H23NO. The van der Waals surface area contributed by atoms with Crippen molar-refractivity contribution >= 4 is 0 Å². The van der Waals surface area contributed by atoms with Gasteiger partial charge in [0, 0.05) is 12.0 Å². The molecule has 2 heteroatoms. The largest absolute Gasteiger partial charge is 0.390 e. The van der Waals surface area contributed by atoms with Crippen LogP contribution in [0.25, 0.3) is 0 Å². The van der Waals surface area contributed by atoms with Crippen LogP contribution in [0, 0.1) is 5.41 Å². The molecular weight excluding hydrogens is 162 g/mol. The molecule has 0 saturated heterocycles. The fourth-order valence-electron chi connectivity index (χ4n) is 2.57. The minimum absolute atomic E-state index is 0.000000000000000222. The summed E-state index contributed by atoms with van der Waals surface area (Å²) in [5.74, 6) is 0. The smallest absolute Gasteiger partial charge is 0.0685 e. The van der Waals surface area contributed by atoms with Gasteiger partial charge in [-0.3, -0.25) is 0 Å². The van der Waals surface area contributed by atoms with Gasteiger partial charge >= 0.3 is 0 Å². The Morgan fingerprint density at radius 2 is 1.85 bits per heavy atom. The van der Waals surface area contributed by atoms with Gasteiger partial charge < -0.3 is 10.8 Å². The van der Waals surface area contributed by atoms with Gasteiger partial charge in [-0.2, -0.15) is 0 Å². The van der Waals surface area contributed by atoms with Crippen molar-refractivity contribution < 1.29 is 5.11 Å². The maximum atomic E-state index is 10.3. The summed E-state index contributed by atoms with van der Waals surface area (Å²) >= 11 is 0. The Bertz CT molecular complexity index is 159. The molecule has 0 amide bonds. The highest BCUT2D eigenvalue weighted by Crippen LogP contribution is 2.45. The van der Waals surface area contributed by atoms with Crippen molar-refractivity contribution in [2.24, 2.45) is 11.1 Å². The topological polar surface area (TPSA) is 46.2 Å².